The average Bonchev–Trinajstić information content (AvgIpc) is 2.11. The van der Waals surface area contributed by atoms with Gasteiger partial charge in [0.05, 0.1) is 25.2 Å². The molecule has 0 atom stereocenters. The first-order valence-electron chi connectivity index (χ1n) is 4.85. The zero-order valence-electron chi connectivity index (χ0n) is 9.53. The van der Waals surface area contributed by atoms with Crippen molar-refractivity contribution in [3.05, 3.63) is 0 Å². The maximum atomic E-state index is 11.3. The Bertz CT molecular complexity index is 398. The Kier molecular flexibility index (Phi) is 7.13. The highest BCUT2D eigenvalue weighted by molar-refractivity contribution is 8.04. The summed E-state index contributed by atoms with van der Waals surface area (Å²) in [6.45, 7) is 0.134. The van der Waals surface area contributed by atoms with Gasteiger partial charge in [0.1, 0.15) is 0 Å². The van der Waals surface area contributed by atoms with E-state index in [0.29, 0.717) is 0 Å². The van der Waals surface area contributed by atoms with E-state index in [-0.39, 0.29) is 32.8 Å². The summed E-state index contributed by atoms with van der Waals surface area (Å²) in [5, 5.41) is 17.4. The molecule has 0 amide bonds. The van der Waals surface area contributed by atoms with Gasteiger partial charge in [-0.05, 0) is 0 Å². The molecule has 10 heteroatoms. The van der Waals surface area contributed by atoms with Crippen LogP contribution in [-0.4, -0.2) is 76.8 Å². The number of aliphatic hydroxyl groups is 2. The number of rotatable bonds is 9. The first-order valence-corrected chi connectivity index (χ1v) is 8.40. The molecule has 17 heavy (non-hydrogen) atoms. The molecule has 0 aliphatic heterocycles. The summed E-state index contributed by atoms with van der Waals surface area (Å²) >= 11 is 0. The van der Waals surface area contributed by atoms with Crippen molar-refractivity contribution in [2.24, 2.45) is 0 Å². The lowest BCUT2D eigenvalue weighted by Gasteiger charge is -2.19. The van der Waals surface area contributed by atoms with Crippen LogP contribution in [0.4, 0.5) is 0 Å². The molecule has 0 aliphatic carbocycles. The van der Waals surface area contributed by atoms with Crippen LogP contribution in [0.25, 0.3) is 0 Å². The summed E-state index contributed by atoms with van der Waals surface area (Å²) in [5.41, 5.74) is 0. The average molecular weight is 290 g/mol. The molecule has 0 rings (SSSR count). The van der Waals surface area contributed by atoms with Gasteiger partial charge in [-0.2, -0.15) is 0 Å². The van der Waals surface area contributed by atoms with Crippen LogP contribution in [0.1, 0.15) is 0 Å². The fourth-order valence-electron chi connectivity index (χ4n) is 1.14. The maximum absolute atomic E-state index is 11.3. The second kappa shape index (κ2) is 7.24. The van der Waals surface area contributed by atoms with Gasteiger partial charge < -0.3 is 10.2 Å². The van der Waals surface area contributed by atoms with Crippen molar-refractivity contribution in [1.82, 2.24) is 9.03 Å². The molecule has 0 heterocycles. The van der Waals surface area contributed by atoms with Gasteiger partial charge in [0.15, 0.2) is 0 Å². The molecular formula is C7H18N2O6S2. The Morgan fingerprint density at radius 2 is 1.47 bits per heavy atom. The minimum absolute atomic E-state index is 0.0337. The molecule has 0 aromatic heterocycles. The third kappa shape index (κ3) is 9.44. The third-order valence-electron chi connectivity index (χ3n) is 1.79. The van der Waals surface area contributed by atoms with E-state index in [9.17, 15) is 16.8 Å². The number of sulfonamides is 2. The summed E-state index contributed by atoms with van der Waals surface area (Å²) < 4.78 is 45.7. The van der Waals surface area contributed by atoms with Gasteiger partial charge in [0.25, 0.3) is 0 Å². The molecule has 0 spiro atoms. The minimum atomic E-state index is -3.91. The van der Waals surface area contributed by atoms with E-state index in [4.69, 9.17) is 10.2 Å². The van der Waals surface area contributed by atoms with Crippen LogP contribution in [0.15, 0.2) is 0 Å². The van der Waals surface area contributed by atoms with E-state index in [1.807, 2.05) is 0 Å². The first-order chi connectivity index (χ1) is 7.70. The molecule has 104 valence electrons. The van der Waals surface area contributed by atoms with E-state index in [2.05, 4.69) is 0 Å². The number of hydrogen-bond acceptors (Lipinski definition) is 7. The lowest BCUT2D eigenvalue weighted by Crippen LogP contribution is -2.39. The molecule has 0 unspecified atom stereocenters. The summed E-state index contributed by atoms with van der Waals surface area (Å²) in [4.78, 5) is 1.52. The molecule has 0 aromatic carbocycles. The van der Waals surface area contributed by atoms with Crippen LogP contribution >= 0.6 is 0 Å². The molecule has 3 N–H and O–H groups in total. The largest absolute Gasteiger partial charge is 0.395 e. The van der Waals surface area contributed by atoms with Crippen molar-refractivity contribution in [3.63, 3.8) is 0 Å². The summed E-state index contributed by atoms with van der Waals surface area (Å²) in [5.74, 6) is -0.417. The number of nitrogens with zero attached hydrogens (tertiary/aromatic N) is 1. The van der Waals surface area contributed by atoms with Crippen molar-refractivity contribution in [2.45, 2.75) is 0 Å². The number of nitrogens with one attached hydrogen (secondary N) is 1. The fourth-order valence-corrected chi connectivity index (χ4v) is 3.82. The van der Waals surface area contributed by atoms with Crippen LogP contribution in [0.5, 0.6) is 0 Å². The van der Waals surface area contributed by atoms with Crippen LogP contribution in [-0.2, 0) is 20.0 Å². The van der Waals surface area contributed by atoms with Gasteiger partial charge in [0.2, 0.25) is 20.0 Å². The Morgan fingerprint density at radius 3 is 1.82 bits per heavy atom. The minimum Gasteiger partial charge on any atom is -0.395 e. The van der Waals surface area contributed by atoms with Crippen molar-refractivity contribution >= 4 is 20.0 Å². The first kappa shape index (κ1) is 16.7. The second-order valence-electron chi connectivity index (χ2n) is 3.46. The van der Waals surface area contributed by atoms with E-state index in [1.54, 1.807) is 0 Å². The normalized spacial score (nSPS) is 13.2. The van der Waals surface area contributed by atoms with Gasteiger partial charge >= 0.3 is 0 Å². The Morgan fingerprint density at radius 1 is 1.00 bits per heavy atom. The van der Waals surface area contributed by atoms with Gasteiger partial charge in [-0.1, -0.05) is 0 Å². The summed E-state index contributed by atoms with van der Waals surface area (Å²) in [6.07, 6.45) is 0.754. The third-order valence-corrected chi connectivity index (χ3v) is 4.73. The lowest BCUT2D eigenvalue weighted by atomic mass is 10.5. The van der Waals surface area contributed by atoms with Crippen LogP contribution in [0.3, 0.4) is 0 Å². The number of hydrogen-bond donors (Lipinski definition) is 3. The van der Waals surface area contributed by atoms with E-state index in [1.165, 1.54) is 9.03 Å². The number of aliphatic hydroxyl groups excluding tert-OH is 2. The van der Waals surface area contributed by atoms with Gasteiger partial charge in [-0.25, -0.2) is 16.8 Å². The predicted octanol–water partition coefficient (Wildman–Crippen LogP) is -2.85. The second-order valence-corrected chi connectivity index (χ2v) is 7.31. The molecule has 8 nitrogen and oxygen atoms in total. The van der Waals surface area contributed by atoms with Crippen molar-refractivity contribution in [1.29, 1.82) is 0 Å². The fraction of sp³-hybridized carbons (Fsp3) is 1.00. The quantitative estimate of drug-likeness (QED) is 0.417. The molecule has 0 radical (unpaired) electrons. The molecule has 0 bridgehead atoms. The van der Waals surface area contributed by atoms with E-state index >= 15 is 0 Å². The van der Waals surface area contributed by atoms with Gasteiger partial charge in [0, 0.05) is 19.6 Å². The van der Waals surface area contributed by atoms with Crippen LogP contribution in [0.2, 0.25) is 0 Å². The van der Waals surface area contributed by atoms with Crippen molar-refractivity contribution in [2.75, 3.05) is 44.9 Å². The standard InChI is InChI=1S/C7H18N2O6S2/c1-16(12,13)8-17(14,15)7-4-9(2-5-10)3-6-11/h8,10-11H,2-7H2,1H3. The molecule has 0 saturated heterocycles. The van der Waals surface area contributed by atoms with E-state index in [0.717, 1.165) is 6.26 Å². The van der Waals surface area contributed by atoms with Crippen LogP contribution in [0, 0.1) is 0 Å². The Labute approximate surface area is 101 Å². The highest BCUT2D eigenvalue weighted by Crippen LogP contribution is 1.93. The van der Waals surface area contributed by atoms with Gasteiger partial charge in [-0.15, -0.1) is 4.13 Å². The summed E-state index contributed by atoms with van der Waals surface area (Å²) in [7, 11) is -7.72. The zero-order valence-corrected chi connectivity index (χ0v) is 11.2. The van der Waals surface area contributed by atoms with Crippen molar-refractivity contribution < 1.29 is 27.0 Å². The van der Waals surface area contributed by atoms with Crippen LogP contribution < -0.4 is 4.13 Å². The summed E-state index contributed by atoms with van der Waals surface area (Å²) in [6, 6.07) is 0. The topological polar surface area (TPSA) is 124 Å². The highest BCUT2D eigenvalue weighted by Gasteiger charge is 2.17. The van der Waals surface area contributed by atoms with Gasteiger partial charge in [-0.3, -0.25) is 4.90 Å². The van der Waals surface area contributed by atoms with Crippen molar-refractivity contribution in [3.8, 4) is 0 Å². The monoisotopic (exact) mass is 290 g/mol. The van der Waals surface area contributed by atoms with E-state index < -0.39 is 25.8 Å². The Hall–Kier alpha value is -0.260. The molecular weight excluding hydrogens is 272 g/mol. The smallest absolute Gasteiger partial charge is 0.225 e. The zero-order chi connectivity index (χ0) is 13.5. The SMILES string of the molecule is CS(=O)(=O)NS(=O)(=O)CCN(CCO)CCO. The lowest BCUT2D eigenvalue weighted by molar-refractivity contribution is 0.167. The molecule has 0 fully saturated rings. The maximum Gasteiger partial charge on any atom is 0.225 e. The Balaban J connectivity index is 4.32. The predicted molar refractivity (Wildman–Crippen MR) is 62.4 cm³/mol. The molecule has 0 aromatic rings. The highest BCUT2D eigenvalue weighted by atomic mass is 32.3. The molecule has 0 aliphatic rings. The molecule has 0 saturated carbocycles.